The molecule has 2 N–H and O–H groups in total. The highest BCUT2D eigenvalue weighted by atomic mass is 16.5. The fourth-order valence-corrected chi connectivity index (χ4v) is 1.15. The first-order valence-electron chi connectivity index (χ1n) is 3.64. The Morgan fingerprint density at radius 1 is 1.70 bits per heavy atom. The summed E-state index contributed by atoms with van der Waals surface area (Å²) in [4.78, 5) is 0. The molecule has 1 aliphatic heterocycles. The molecule has 0 radical (unpaired) electrons. The lowest BCUT2D eigenvalue weighted by Crippen LogP contribution is -2.20. The van der Waals surface area contributed by atoms with Crippen molar-refractivity contribution in [2.24, 2.45) is 5.92 Å². The zero-order chi connectivity index (χ0) is 7.56. The second kappa shape index (κ2) is 3.32. The predicted molar refractivity (Wildman–Crippen MR) is 36.6 cm³/mol. The largest absolute Gasteiger partial charge is 0.396 e. The Bertz CT molecular complexity index is 105. The van der Waals surface area contributed by atoms with Gasteiger partial charge in [0.25, 0.3) is 0 Å². The molecule has 1 rings (SSSR count). The van der Waals surface area contributed by atoms with Gasteiger partial charge in [-0.2, -0.15) is 0 Å². The van der Waals surface area contributed by atoms with Gasteiger partial charge < -0.3 is 14.9 Å². The number of hydrogen-bond donors (Lipinski definition) is 2. The van der Waals surface area contributed by atoms with Gasteiger partial charge in [0.05, 0.1) is 18.8 Å². The lowest BCUT2D eigenvalue weighted by molar-refractivity contribution is 0.0388. The summed E-state index contributed by atoms with van der Waals surface area (Å²) >= 11 is 0. The minimum Gasteiger partial charge on any atom is -0.396 e. The monoisotopic (exact) mass is 146 g/mol. The Labute approximate surface area is 60.6 Å². The molecule has 1 aliphatic rings. The molecule has 0 aromatic carbocycles. The molecule has 0 spiro atoms. The maximum atomic E-state index is 9.04. The first-order valence-corrected chi connectivity index (χ1v) is 3.64. The molecule has 60 valence electrons. The van der Waals surface area contributed by atoms with Crippen LogP contribution in [0.1, 0.15) is 13.3 Å². The highest BCUT2D eigenvalue weighted by Gasteiger charge is 2.27. The van der Waals surface area contributed by atoms with Crippen LogP contribution in [0.25, 0.3) is 0 Å². The quantitative estimate of drug-likeness (QED) is 0.565. The van der Waals surface area contributed by atoms with Crippen molar-refractivity contribution in [2.75, 3.05) is 13.2 Å². The normalized spacial score (nSPS) is 36.3. The van der Waals surface area contributed by atoms with E-state index in [4.69, 9.17) is 14.9 Å². The Morgan fingerprint density at radius 2 is 2.40 bits per heavy atom. The third-order valence-electron chi connectivity index (χ3n) is 1.93. The average molecular weight is 146 g/mol. The van der Waals surface area contributed by atoms with Gasteiger partial charge in [0, 0.05) is 18.9 Å². The number of aliphatic hydroxyl groups excluding tert-OH is 2. The summed E-state index contributed by atoms with van der Waals surface area (Å²) in [5.74, 6) is 0.150. The topological polar surface area (TPSA) is 49.7 Å². The van der Waals surface area contributed by atoms with Crippen LogP contribution in [-0.2, 0) is 4.74 Å². The molecule has 10 heavy (non-hydrogen) atoms. The van der Waals surface area contributed by atoms with Crippen molar-refractivity contribution in [1.29, 1.82) is 0 Å². The van der Waals surface area contributed by atoms with Crippen LogP contribution in [0.15, 0.2) is 0 Å². The predicted octanol–water partition coefficient (Wildman–Crippen LogP) is -0.235. The highest BCUT2D eigenvalue weighted by molar-refractivity contribution is 4.76. The summed E-state index contributed by atoms with van der Waals surface area (Å²) in [5.41, 5.74) is 0. The summed E-state index contributed by atoms with van der Waals surface area (Å²) in [6.07, 6.45) is 0.404. The summed E-state index contributed by atoms with van der Waals surface area (Å²) < 4.78 is 5.21. The fourth-order valence-electron chi connectivity index (χ4n) is 1.15. The first kappa shape index (κ1) is 7.98. The molecule has 0 bridgehead atoms. The van der Waals surface area contributed by atoms with Gasteiger partial charge in [-0.1, -0.05) is 6.92 Å². The van der Waals surface area contributed by atoms with E-state index in [1.54, 1.807) is 0 Å². The van der Waals surface area contributed by atoms with E-state index in [0.717, 1.165) is 0 Å². The maximum absolute atomic E-state index is 9.04. The molecule has 1 saturated heterocycles. The molecule has 1 heterocycles. The van der Waals surface area contributed by atoms with Crippen molar-refractivity contribution in [3.63, 3.8) is 0 Å². The lowest BCUT2D eigenvalue weighted by atomic mass is 10.0. The van der Waals surface area contributed by atoms with E-state index in [2.05, 4.69) is 0 Å². The first-order chi connectivity index (χ1) is 4.74. The van der Waals surface area contributed by atoms with E-state index in [9.17, 15) is 0 Å². The smallest absolute Gasteiger partial charge is 0.0798 e. The lowest BCUT2D eigenvalue weighted by Gasteiger charge is -2.14. The third kappa shape index (κ3) is 1.68. The Kier molecular flexibility index (Phi) is 2.65. The maximum Gasteiger partial charge on any atom is 0.0798 e. The zero-order valence-electron chi connectivity index (χ0n) is 6.16. The van der Waals surface area contributed by atoms with Gasteiger partial charge in [0.1, 0.15) is 0 Å². The van der Waals surface area contributed by atoms with E-state index in [0.29, 0.717) is 13.0 Å². The Hall–Kier alpha value is -0.120. The number of hydrogen-bond acceptors (Lipinski definition) is 3. The molecule has 3 nitrogen and oxygen atoms in total. The van der Waals surface area contributed by atoms with Crippen molar-refractivity contribution in [1.82, 2.24) is 0 Å². The molecule has 3 unspecified atom stereocenters. The van der Waals surface area contributed by atoms with Crippen LogP contribution in [-0.4, -0.2) is 35.6 Å². The van der Waals surface area contributed by atoms with Gasteiger partial charge in [-0.25, -0.2) is 0 Å². The van der Waals surface area contributed by atoms with Gasteiger partial charge in [-0.15, -0.1) is 0 Å². The van der Waals surface area contributed by atoms with Gasteiger partial charge >= 0.3 is 0 Å². The number of ether oxygens (including phenoxy) is 1. The fraction of sp³-hybridized carbons (Fsp3) is 1.00. The molecular weight excluding hydrogens is 132 g/mol. The van der Waals surface area contributed by atoms with E-state index >= 15 is 0 Å². The molecule has 0 amide bonds. The van der Waals surface area contributed by atoms with Gasteiger partial charge in [0.2, 0.25) is 0 Å². The van der Waals surface area contributed by atoms with Gasteiger partial charge in [-0.05, 0) is 0 Å². The molecule has 3 atom stereocenters. The van der Waals surface area contributed by atoms with E-state index in [1.807, 2.05) is 6.92 Å². The molecular formula is C7H14O3. The van der Waals surface area contributed by atoms with Crippen molar-refractivity contribution < 1.29 is 14.9 Å². The van der Waals surface area contributed by atoms with Crippen molar-refractivity contribution in [2.45, 2.75) is 25.6 Å². The van der Waals surface area contributed by atoms with Crippen molar-refractivity contribution in [3.05, 3.63) is 0 Å². The van der Waals surface area contributed by atoms with E-state index in [1.165, 1.54) is 0 Å². The Morgan fingerprint density at radius 3 is 2.80 bits per heavy atom. The summed E-state index contributed by atoms with van der Waals surface area (Å²) in [6.45, 7) is 2.48. The number of aliphatic hydroxyl groups is 2. The summed E-state index contributed by atoms with van der Waals surface area (Å²) in [7, 11) is 0. The summed E-state index contributed by atoms with van der Waals surface area (Å²) in [5, 5.41) is 17.8. The Balaban J connectivity index is 2.29. The minimum absolute atomic E-state index is 0.0556. The van der Waals surface area contributed by atoms with Crippen LogP contribution in [0.5, 0.6) is 0 Å². The molecule has 0 aromatic heterocycles. The van der Waals surface area contributed by atoms with Gasteiger partial charge in [0.15, 0.2) is 0 Å². The van der Waals surface area contributed by atoms with Crippen LogP contribution in [0.2, 0.25) is 0 Å². The molecule has 1 fully saturated rings. The average Bonchev–Trinajstić information content (AvgIpc) is 2.34. The number of rotatable bonds is 2. The standard InChI is InChI=1S/C7H14O3/c1-5(3-8)7-2-6(9)4-10-7/h5-9H,2-4H2,1H3. The minimum atomic E-state index is -0.320. The second-order valence-corrected chi connectivity index (χ2v) is 2.92. The zero-order valence-corrected chi connectivity index (χ0v) is 6.16. The van der Waals surface area contributed by atoms with Crippen LogP contribution in [0, 0.1) is 5.92 Å². The molecule has 0 saturated carbocycles. The highest BCUT2D eigenvalue weighted by Crippen LogP contribution is 2.19. The van der Waals surface area contributed by atoms with Crippen molar-refractivity contribution >= 4 is 0 Å². The molecule has 0 aliphatic carbocycles. The van der Waals surface area contributed by atoms with Crippen LogP contribution in [0.3, 0.4) is 0 Å². The van der Waals surface area contributed by atoms with Crippen LogP contribution in [0.4, 0.5) is 0 Å². The third-order valence-corrected chi connectivity index (χ3v) is 1.93. The van der Waals surface area contributed by atoms with E-state index < -0.39 is 0 Å². The SMILES string of the molecule is CC(CO)C1CC(O)CO1. The molecule has 0 aromatic rings. The van der Waals surface area contributed by atoms with E-state index in [-0.39, 0.29) is 24.7 Å². The van der Waals surface area contributed by atoms with Crippen LogP contribution >= 0.6 is 0 Å². The van der Waals surface area contributed by atoms with Crippen molar-refractivity contribution in [3.8, 4) is 0 Å². The second-order valence-electron chi connectivity index (χ2n) is 2.92. The molecule has 3 heteroatoms. The van der Waals surface area contributed by atoms with Crippen LogP contribution < -0.4 is 0 Å². The summed E-state index contributed by atoms with van der Waals surface area (Å²) in [6, 6.07) is 0. The van der Waals surface area contributed by atoms with Gasteiger partial charge in [-0.3, -0.25) is 0 Å².